The molecule has 5 nitrogen and oxygen atoms in total. The summed E-state index contributed by atoms with van der Waals surface area (Å²) in [6.45, 7) is 7.77. The highest BCUT2D eigenvalue weighted by Gasteiger charge is 2.08. The molecule has 0 aliphatic rings. The molecule has 0 fully saturated rings. The third-order valence-electron chi connectivity index (χ3n) is 2.47. The van der Waals surface area contributed by atoms with Crippen molar-refractivity contribution in [2.24, 2.45) is 0 Å². The van der Waals surface area contributed by atoms with Crippen LogP contribution in [-0.4, -0.2) is 26.1 Å². The molecule has 0 atom stereocenters. The lowest BCUT2D eigenvalue weighted by atomic mass is 10.3. The molecule has 2 aromatic rings. The largest absolute Gasteiger partial charge is 0.354 e. The maximum absolute atomic E-state index is 4.47. The number of anilines is 1. The van der Waals surface area contributed by atoms with Gasteiger partial charge in [-0.2, -0.15) is 0 Å². The summed E-state index contributed by atoms with van der Waals surface area (Å²) in [7, 11) is 0. The first-order chi connectivity index (χ1) is 8.24. The van der Waals surface area contributed by atoms with Crippen molar-refractivity contribution < 1.29 is 0 Å². The smallest absolute Gasteiger partial charge is 0.223 e. The van der Waals surface area contributed by atoms with Crippen LogP contribution in [0.1, 0.15) is 19.5 Å². The first kappa shape index (κ1) is 11.6. The standard InChI is InChI=1S/C12H17N5/c1-4-13-12-15-9(3)8-10(16-12)11-14-6-7-17(11)5-2/h6-8H,4-5H2,1-3H3,(H,13,15,16). The van der Waals surface area contributed by atoms with Gasteiger partial charge in [0.15, 0.2) is 5.82 Å². The quantitative estimate of drug-likeness (QED) is 0.875. The average molecular weight is 231 g/mol. The molecular formula is C12H17N5. The Labute approximate surface area is 101 Å². The summed E-state index contributed by atoms with van der Waals surface area (Å²) in [4.78, 5) is 13.1. The molecule has 0 aliphatic carbocycles. The van der Waals surface area contributed by atoms with Gasteiger partial charge in [0.1, 0.15) is 5.69 Å². The maximum atomic E-state index is 4.47. The Balaban J connectivity index is 2.44. The van der Waals surface area contributed by atoms with E-state index in [1.807, 2.05) is 26.1 Å². The van der Waals surface area contributed by atoms with Crippen molar-refractivity contribution in [3.63, 3.8) is 0 Å². The van der Waals surface area contributed by atoms with E-state index >= 15 is 0 Å². The van der Waals surface area contributed by atoms with Crippen LogP contribution in [-0.2, 0) is 6.54 Å². The van der Waals surface area contributed by atoms with Crippen LogP contribution in [0.5, 0.6) is 0 Å². The second-order valence-corrected chi connectivity index (χ2v) is 3.79. The first-order valence-corrected chi connectivity index (χ1v) is 5.85. The van der Waals surface area contributed by atoms with Gasteiger partial charge in [-0.05, 0) is 26.8 Å². The molecule has 0 amide bonds. The minimum absolute atomic E-state index is 0.660. The summed E-state index contributed by atoms with van der Waals surface area (Å²) in [5.74, 6) is 1.55. The zero-order valence-electron chi connectivity index (χ0n) is 10.4. The molecule has 1 N–H and O–H groups in total. The van der Waals surface area contributed by atoms with Crippen molar-refractivity contribution in [3.8, 4) is 11.5 Å². The number of nitrogens with zero attached hydrogens (tertiary/aromatic N) is 4. The van der Waals surface area contributed by atoms with Crippen LogP contribution in [0, 0.1) is 6.92 Å². The molecule has 0 saturated carbocycles. The average Bonchev–Trinajstić information content (AvgIpc) is 2.76. The number of aryl methyl sites for hydroxylation is 2. The lowest BCUT2D eigenvalue weighted by molar-refractivity contribution is 0.767. The second-order valence-electron chi connectivity index (χ2n) is 3.79. The number of hydrogen-bond donors (Lipinski definition) is 1. The van der Waals surface area contributed by atoms with Crippen LogP contribution in [0.3, 0.4) is 0 Å². The van der Waals surface area contributed by atoms with E-state index in [2.05, 4.69) is 31.8 Å². The Morgan fingerprint density at radius 3 is 2.82 bits per heavy atom. The van der Waals surface area contributed by atoms with Gasteiger partial charge in [-0.3, -0.25) is 0 Å². The molecule has 0 saturated heterocycles. The van der Waals surface area contributed by atoms with Crippen molar-refractivity contribution in [3.05, 3.63) is 24.2 Å². The third-order valence-corrected chi connectivity index (χ3v) is 2.47. The van der Waals surface area contributed by atoms with Crippen molar-refractivity contribution >= 4 is 5.95 Å². The number of hydrogen-bond acceptors (Lipinski definition) is 4. The number of aromatic nitrogens is 4. The van der Waals surface area contributed by atoms with Crippen LogP contribution in [0.25, 0.3) is 11.5 Å². The summed E-state index contributed by atoms with van der Waals surface area (Å²) in [5.41, 5.74) is 1.80. The molecule has 2 rings (SSSR count). The van der Waals surface area contributed by atoms with Crippen molar-refractivity contribution in [1.82, 2.24) is 19.5 Å². The highest BCUT2D eigenvalue weighted by atomic mass is 15.1. The molecule has 2 aromatic heterocycles. The van der Waals surface area contributed by atoms with E-state index in [0.717, 1.165) is 30.3 Å². The number of nitrogens with one attached hydrogen (secondary N) is 1. The van der Waals surface area contributed by atoms with Crippen LogP contribution in [0.2, 0.25) is 0 Å². The van der Waals surface area contributed by atoms with E-state index in [0.29, 0.717) is 5.95 Å². The summed E-state index contributed by atoms with van der Waals surface area (Å²) in [6, 6.07) is 1.95. The molecule has 0 unspecified atom stereocenters. The molecule has 5 heteroatoms. The maximum Gasteiger partial charge on any atom is 0.223 e. The highest BCUT2D eigenvalue weighted by Crippen LogP contribution is 2.17. The minimum atomic E-state index is 0.660. The third kappa shape index (κ3) is 2.43. The highest BCUT2D eigenvalue weighted by molar-refractivity contribution is 5.52. The van der Waals surface area contributed by atoms with Gasteiger partial charge in [0.2, 0.25) is 5.95 Å². The van der Waals surface area contributed by atoms with E-state index in [4.69, 9.17) is 0 Å². The fourth-order valence-corrected chi connectivity index (χ4v) is 1.72. The van der Waals surface area contributed by atoms with Gasteiger partial charge in [-0.1, -0.05) is 0 Å². The lowest BCUT2D eigenvalue weighted by Crippen LogP contribution is -2.05. The zero-order chi connectivity index (χ0) is 12.3. The molecule has 0 bridgehead atoms. The number of imidazole rings is 1. The molecule has 0 radical (unpaired) electrons. The van der Waals surface area contributed by atoms with Gasteiger partial charge in [0.05, 0.1) is 0 Å². The minimum Gasteiger partial charge on any atom is -0.354 e. The molecule has 90 valence electrons. The normalized spacial score (nSPS) is 10.5. The Hall–Kier alpha value is -1.91. The first-order valence-electron chi connectivity index (χ1n) is 5.85. The van der Waals surface area contributed by atoms with Crippen LogP contribution >= 0.6 is 0 Å². The molecule has 2 heterocycles. The summed E-state index contributed by atoms with van der Waals surface area (Å²) >= 11 is 0. The van der Waals surface area contributed by atoms with Gasteiger partial charge in [-0.15, -0.1) is 0 Å². The van der Waals surface area contributed by atoms with Crippen molar-refractivity contribution in [2.45, 2.75) is 27.3 Å². The Kier molecular flexibility index (Phi) is 3.37. The monoisotopic (exact) mass is 231 g/mol. The van der Waals surface area contributed by atoms with E-state index in [1.165, 1.54) is 0 Å². The fraction of sp³-hybridized carbons (Fsp3) is 0.417. The van der Waals surface area contributed by atoms with Crippen LogP contribution in [0.4, 0.5) is 5.95 Å². The van der Waals surface area contributed by atoms with Gasteiger partial charge >= 0.3 is 0 Å². The predicted octanol–water partition coefficient (Wildman–Crippen LogP) is 2.10. The Bertz CT molecular complexity index is 503. The molecule has 17 heavy (non-hydrogen) atoms. The van der Waals surface area contributed by atoms with Crippen molar-refractivity contribution in [1.29, 1.82) is 0 Å². The lowest BCUT2D eigenvalue weighted by Gasteiger charge is -2.07. The van der Waals surface area contributed by atoms with Crippen molar-refractivity contribution in [2.75, 3.05) is 11.9 Å². The summed E-state index contributed by atoms with van der Waals surface area (Å²) in [6.07, 6.45) is 3.75. The van der Waals surface area contributed by atoms with Gasteiger partial charge < -0.3 is 9.88 Å². The Morgan fingerprint density at radius 2 is 2.12 bits per heavy atom. The van der Waals surface area contributed by atoms with E-state index in [9.17, 15) is 0 Å². The molecule has 0 aromatic carbocycles. The second kappa shape index (κ2) is 4.95. The number of rotatable bonds is 4. The molecule has 0 aliphatic heterocycles. The van der Waals surface area contributed by atoms with E-state index in [-0.39, 0.29) is 0 Å². The summed E-state index contributed by atoms with van der Waals surface area (Å²) < 4.78 is 2.07. The van der Waals surface area contributed by atoms with Crippen LogP contribution < -0.4 is 5.32 Å². The van der Waals surface area contributed by atoms with Gasteiger partial charge in [0, 0.05) is 31.2 Å². The Morgan fingerprint density at radius 1 is 1.29 bits per heavy atom. The summed E-state index contributed by atoms with van der Waals surface area (Å²) in [5, 5.41) is 3.13. The SMILES string of the molecule is CCNc1nc(C)cc(-c2nccn2CC)n1. The van der Waals surface area contributed by atoms with Gasteiger partial charge in [-0.25, -0.2) is 15.0 Å². The molecule has 0 spiro atoms. The van der Waals surface area contributed by atoms with E-state index in [1.54, 1.807) is 6.20 Å². The van der Waals surface area contributed by atoms with Crippen LogP contribution in [0.15, 0.2) is 18.5 Å². The molecular weight excluding hydrogens is 214 g/mol. The van der Waals surface area contributed by atoms with Gasteiger partial charge in [0.25, 0.3) is 0 Å². The van der Waals surface area contributed by atoms with E-state index < -0.39 is 0 Å². The zero-order valence-corrected chi connectivity index (χ0v) is 10.4. The topological polar surface area (TPSA) is 55.6 Å². The fourth-order valence-electron chi connectivity index (χ4n) is 1.72. The predicted molar refractivity (Wildman–Crippen MR) is 67.8 cm³/mol.